The number of ether oxygens (including phenoxy) is 1. The minimum atomic E-state index is -0.732. The summed E-state index contributed by atoms with van der Waals surface area (Å²) in [6.07, 6.45) is 0.316. The molecule has 4 nitrogen and oxygen atoms in total. The van der Waals surface area contributed by atoms with Gasteiger partial charge in [0.1, 0.15) is 11.5 Å². The largest absolute Gasteiger partial charge is 0.450 e. The summed E-state index contributed by atoms with van der Waals surface area (Å²) >= 11 is 3.98. The van der Waals surface area contributed by atoms with Gasteiger partial charge >= 0.3 is 5.97 Å². The SMILES string of the molecule is CC(=O)NC(Cc1c#cccc1)C(=O)OC(C)S. The van der Waals surface area contributed by atoms with E-state index in [0.29, 0.717) is 6.42 Å². The molecule has 0 fully saturated rings. The van der Waals surface area contributed by atoms with Gasteiger partial charge in [0.2, 0.25) is 5.91 Å². The third-order valence-electron chi connectivity index (χ3n) is 2.08. The van der Waals surface area contributed by atoms with E-state index < -0.39 is 17.4 Å². The van der Waals surface area contributed by atoms with Crippen LogP contribution in [0, 0.1) is 12.1 Å². The van der Waals surface area contributed by atoms with Crippen LogP contribution in [-0.4, -0.2) is 23.4 Å². The molecule has 96 valence electrons. The van der Waals surface area contributed by atoms with Crippen molar-refractivity contribution in [2.45, 2.75) is 31.7 Å². The van der Waals surface area contributed by atoms with Crippen LogP contribution in [0.25, 0.3) is 0 Å². The van der Waals surface area contributed by atoms with Crippen LogP contribution in [0.1, 0.15) is 19.4 Å². The van der Waals surface area contributed by atoms with Crippen LogP contribution >= 0.6 is 12.6 Å². The predicted molar refractivity (Wildman–Crippen MR) is 70.0 cm³/mol. The molecule has 0 heterocycles. The molecule has 0 spiro atoms. The number of hydrogen-bond acceptors (Lipinski definition) is 4. The standard InChI is InChI=1S/C13H15NO3S/c1-9(15)14-12(13(16)17-10(2)18)8-11-6-4-3-5-7-11/h3-4,6,10,12,18H,8H2,1-2H3,(H,14,15). The number of carbonyl (C=O) groups is 2. The van der Waals surface area contributed by atoms with Crippen LogP contribution < -0.4 is 5.32 Å². The summed E-state index contributed by atoms with van der Waals surface area (Å²) in [5.41, 5.74) is 0.264. The fourth-order valence-electron chi connectivity index (χ4n) is 1.42. The maximum atomic E-state index is 11.8. The molecule has 2 atom stereocenters. The smallest absolute Gasteiger partial charge is 0.330 e. The topological polar surface area (TPSA) is 55.4 Å². The molecule has 0 saturated carbocycles. The number of carbonyl (C=O) groups excluding carboxylic acids is 2. The fraction of sp³-hybridized carbons (Fsp3) is 0.385. The Hall–Kier alpha value is -1.67. The van der Waals surface area contributed by atoms with E-state index in [4.69, 9.17) is 4.74 Å². The molecule has 1 rings (SSSR count). The average molecular weight is 265 g/mol. The maximum absolute atomic E-state index is 11.8. The second-order valence-corrected chi connectivity index (χ2v) is 4.54. The summed E-state index contributed by atoms with van der Waals surface area (Å²) in [5, 5.41) is 2.55. The fourth-order valence-corrected chi connectivity index (χ4v) is 1.52. The summed E-state index contributed by atoms with van der Waals surface area (Å²) in [6, 6.07) is 10.3. The van der Waals surface area contributed by atoms with Crippen molar-refractivity contribution in [1.29, 1.82) is 0 Å². The summed E-state index contributed by atoms with van der Waals surface area (Å²) in [6.45, 7) is 2.99. The van der Waals surface area contributed by atoms with Gasteiger partial charge in [-0.25, -0.2) is 4.79 Å². The van der Waals surface area contributed by atoms with Gasteiger partial charge in [-0.15, -0.1) is 12.6 Å². The molecular formula is C13H15NO3S. The Labute approximate surface area is 112 Å². The first kappa shape index (κ1) is 14.4. The Morgan fingerprint density at radius 2 is 2.28 bits per heavy atom. The summed E-state index contributed by atoms with van der Waals surface area (Å²) in [4.78, 5) is 22.9. The first-order chi connectivity index (χ1) is 8.49. The molecule has 0 aliphatic carbocycles. The van der Waals surface area contributed by atoms with E-state index >= 15 is 0 Å². The van der Waals surface area contributed by atoms with Gasteiger partial charge in [0.15, 0.2) is 0 Å². The zero-order valence-corrected chi connectivity index (χ0v) is 11.2. The van der Waals surface area contributed by atoms with E-state index in [1.807, 2.05) is 6.07 Å². The molecule has 18 heavy (non-hydrogen) atoms. The van der Waals surface area contributed by atoms with Crippen molar-refractivity contribution in [1.82, 2.24) is 5.32 Å². The zero-order chi connectivity index (χ0) is 13.5. The second-order valence-electron chi connectivity index (χ2n) is 3.81. The quantitative estimate of drug-likeness (QED) is 0.477. The van der Waals surface area contributed by atoms with Gasteiger partial charge in [-0.05, 0) is 19.1 Å². The van der Waals surface area contributed by atoms with E-state index in [1.165, 1.54) is 6.92 Å². The number of rotatable bonds is 5. The summed E-state index contributed by atoms with van der Waals surface area (Å²) in [7, 11) is 0. The minimum Gasteiger partial charge on any atom is -0.450 e. The Bertz CT molecular complexity index is 406. The number of esters is 1. The maximum Gasteiger partial charge on any atom is 0.330 e. The molecular weight excluding hydrogens is 250 g/mol. The Morgan fingerprint density at radius 1 is 1.56 bits per heavy atom. The van der Waals surface area contributed by atoms with Crippen LogP contribution in [0.15, 0.2) is 18.2 Å². The third kappa shape index (κ3) is 5.11. The molecule has 0 aromatic heterocycles. The van der Waals surface area contributed by atoms with Crippen molar-refractivity contribution in [3.8, 4) is 0 Å². The zero-order valence-electron chi connectivity index (χ0n) is 10.3. The first-order valence-corrected chi connectivity index (χ1v) is 6.03. The van der Waals surface area contributed by atoms with Crippen molar-refractivity contribution in [2.75, 3.05) is 0 Å². The molecule has 0 bridgehead atoms. The number of hydrogen-bond donors (Lipinski definition) is 2. The molecule has 0 aliphatic rings. The highest BCUT2D eigenvalue weighted by Gasteiger charge is 2.22. The molecule has 1 N–H and O–H groups in total. The van der Waals surface area contributed by atoms with Crippen molar-refractivity contribution in [3.05, 3.63) is 35.9 Å². The summed E-state index contributed by atoms with van der Waals surface area (Å²) in [5.74, 6) is -0.798. The molecule has 1 aromatic carbocycles. The highest BCUT2D eigenvalue weighted by Crippen LogP contribution is 2.05. The predicted octanol–water partition coefficient (Wildman–Crippen LogP) is 1.15. The normalized spacial score (nSPS) is 13.1. The van der Waals surface area contributed by atoms with E-state index in [2.05, 4.69) is 30.1 Å². The minimum absolute atomic E-state index is 0.288. The van der Waals surface area contributed by atoms with Gasteiger partial charge in [-0.1, -0.05) is 18.2 Å². The highest BCUT2D eigenvalue weighted by atomic mass is 32.1. The van der Waals surface area contributed by atoms with E-state index in [1.54, 1.807) is 19.1 Å². The average Bonchev–Trinajstić information content (AvgIpc) is 2.28. The van der Waals surface area contributed by atoms with Gasteiger partial charge in [-0.2, -0.15) is 0 Å². The van der Waals surface area contributed by atoms with Crippen LogP contribution in [-0.2, 0) is 20.7 Å². The lowest BCUT2D eigenvalue weighted by molar-refractivity contribution is -0.148. The van der Waals surface area contributed by atoms with E-state index in [0.717, 1.165) is 5.56 Å². The van der Waals surface area contributed by atoms with Crippen molar-refractivity contribution >= 4 is 24.5 Å². The van der Waals surface area contributed by atoms with Gasteiger partial charge in [0.25, 0.3) is 0 Å². The molecule has 5 heteroatoms. The van der Waals surface area contributed by atoms with E-state index in [9.17, 15) is 9.59 Å². The molecule has 1 amide bonds. The molecule has 0 saturated heterocycles. The van der Waals surface area contributed by atoms with Crippen LogP contribution in [0.4, 0.5) is 0 Å². The summed E-state index contributed by atoms with van der Waals surface area (Å²) < 4.78 is 4.97. The lowest BCUT2D eigenvalue weighted by Gasteiger charge is -2.17. The molecule has 2 unspecified atom stereocenters. The molecule has 0 radical (unpaired) electrons. The highest BCUT2D eigenvalue weighted by molar-refractivity contribution is 7.80. The Balaban J connectivity index is 2.72. The second kappa shape index (κ2) is 6.92. The van der Waals surface area contributed by atoms with Gasteiger partial charge in [-0.3, -0.25) is 4.79 Å². The van der Waals surface area contributed by atoms with Crippen molar-refractivity contribution < 1.29 is 14.3 Å². The molecule has 0 aliphatic heterocycles. The van der Waals surface area contributed by atoms with Crippen molar-refractivity contribution in [2.24, 2.45) is 0 Å². The lowest BCUT2D eigenvalue weighted by atomic mass is 10.1. The number of nitrogens with one attached hydrogen (secondary N) is 1. The van der Waals surface area contributed by atoms with Crippen molar-refractivity contribution in [3.63, 3.8) is 0 Å². The monoisotopic (exact) mass is 265 g/mol. The first-order valence-electron chi connectivity index (χ1n) is 5.52. The number of amides is 1. The third-order valence-corrected chi connectivity index (χ3v) is 2.19. The van der Waals surface area contributed by atoms with Crippen LogP contribution in [0.2, 0.25) is 0 Å². The van der Waals surface area contributed by atoms with E-state index in [-0.39, 0.29) is 5.91 Å². The van der Waals surface area contributed by atoms with Gasteiger partial charge in [0, 0.05) is 18.9 Å². The van der Waals surface area contributed by atoms with Gasteiger partial charge in [0.05, 0.1) is 0 Å². The number of thiol groups is 1. The Kier molecular flexibility index (Phi) is 5.53. The Morgan fingerprint density at radius 3 is 2.78 bits per heavy atom. The van der Waals surface area contributed by atoms with Gasteiger partial charge < -0.3 is 10.1 Å². The van der Waals surface area contributed by atoms with Crippen LogP contribution in [0.3, 0.4) is 0 Å². The molecule has 1 aromatic rings. The lowest BCUT2D eigenvalue weighted by Crippen LogP contribution is -2.42. The van der Waals surface area contributed by atoms with Crippen LogP contribution in [0.5, 0.6) is 0 Å².